The van der Waals surface area contributed by atoms with Gasteiger partial charge in [0, 0.05) is 20.0 Å². The highest BCUT2D eigenvalue weighted by molar-refractivity contribution is 5.98. The lowest BCUT2D eigenvalue weighted by Crippen LogP contribution is -2.48. The molecule has 1 amide bonds. The van der Waals surface area contributed by atoms with Gasteiger partial charge in [-0.15, -0.1) is 0 Å². The molecule has 0 spiro atoms. The lowest BCUT2D eigenvalue weighted by atomic mass is 9.97. The van der Waals surface area contributed by atoms with Gasteiger partial charge in [-0.05, 0) is 0 Å². The van der Waals surface area contributed by atoms with Crippen molar-refractivity contribution in [3.8, 4) is 0 Å². The van der Waals surface area contributed by atoms with Gasteiger partial charge < -0.3 is 10.0 Å². The van der Waals surface area contributed by atoms with Crippen molar-refractivity contribution in [1.29, 1.82) is 0 Å². The van der Waals surface area contributed by atoms with Crippen LogP contribution < -0.4 is 4.90 Å². The van der Waals surface area contributed by atoms with Crippen LogP contribution in [-0.4, -0.2) is 39.5 Å². The number of aliphatic carboxylic acids is 1. The van der Waals surface area contributed by atoms with Crippen LogP contribution in [0.15, 0.2) is 6.20 Å². The number of alkyl halides is 3. The Morgan fingerprint density at radius 3 is 2.63 bits per heavy atom. The molecule has 6 nitrogen and oxygen atoms in total. The van der Waals surface area contributed by atoms with Crippen molar-refractivity contribution in [3.63, 3.8) is 0 Å². The van der Waals surface area contributed by atoms with Gasteiger partial charge in [0.25, 0.3) is 0 Å². The summed E-state index contributed by atoms with van der Waals surface area (Å²) in [5.41, 5.74) is 0.318. The maximum atomic E-state index is 12.5. The Bertz CT molecular complexity index is 538. The van der Waals surface area contributed by atoms with Crippen LogP contribution in [0.3, 0.4) is 0 Å². The monoisotopic (exact) mass is 277 g/mol. The van der Waals surface area contributed by atoms with E-state index in [1.807, 2.05) is 0 Å². The highest BCUT2D eigenvalue weighted by atomic mass is 19.4. The lowest BCUT2D eigenvalue weighted by Gasteiger charge is -2.31. The fraction of sp³-hybridized carbons (Fsp3) is 0.500. The average molecular weight is 277 g/mol. The van der Waals surface area contributed by atoms with Crippen LogP contribution >= 0.6 is 0 Å². The first-order valence-electron chi connectivity index (χ1n) is 5.34. The topological polar surface area (TPSA) is 75.4 Å². The summed E-state index contributed by atoms with van der Waals surface area (Å²) >= 11 is 0. The zero-order valence-corrected chi connectivity index (χ0v) is 9.81. The van der Waals surface area contributed by atoms with E-state index in [1.165, 1.54) is 11.7 Å². The van der Waals surface area contributed by atoms with E-state index in [4.69, 9.17) is 5.11 Å². The second-order valence-electron chi connectivity index (χ2n) is 4.25. The van der Waals surface area contributed by atoms with Gasteiger partial charge in [0.15, 0.2) is 0 Å². The van der Waals surface area contributed by atoms with Gasteiger partial charge in [0.05, 0.1) is 23.5 Å². The van der Waals surface area contributed by atoms with E-state index in [1.54, 1.807) is 0 Å². The van der Waals surface area contributed by atoms with E-state index in [0.717, 1.165) is 6.20 Å². The molecule has 104 valence electrons. The number of rotatable bonds is 1. The first kappa shape index (κ1) is 13.4. The second kappa shape index (κ2) is 4.25. The van der Waals surface area contributed by atoms with Gasteiger partial charge in [0.2, 0.25) is 0 Å². The molecule has 1 aliphatic rings. The Morgan fingerprint density at radius 2 is 2.11 bits per heavy atom. The van der Waals surface area contributed by atoms with Gasteiger partial charge in [-0.2, -0.15) is 18.3 Å². The fourth-order valence-electron chi connectivity index (χ4n) is 2.04. The molecule has 2 heterocycles. The Hall–Kier alpha value is -2.06. The summed E-state index contributed by atoms with van der Waals surface area (Å²) in [4.78, 5) is 22.7. The highest BCUT2D eigenvalue weighted by Crippen LogP contribution is 2.32. The van der Waals surface area contributed by atoms with Crippen molar-refractivity contribution >= 4 is 17.6 Å². The minimum Gasteiger partial charge on any atom is -0.481 e. The van der Waals surface area contributed by atoms with Crippen LogP contribution in [0, 0.1) is 5.92 Å². The number of halogens is 3. The molecule has 2 rings (SSSR count). The van der Waals surface area contributed by atoms with E-state index in [9.17, 15) is 22.8 Å². The van der Waals surface area contributed by atoms with Gasteiger partial charge in [-0.3, -0.25) is 14.3 Å². The third-order valence-corrected chi connectivity index (χ3v) is 3.01. The van der Waals surface area contributed by atoms with Crippen LogP contribution in [0.2, 0.25) is 0 Å². The van der Waals surface area contributed by atoms with Crippen molar-refractivity contribution in [2.24, 2.45) is 13.0 Å². The molecule has 1 N–H and O–H groups in total. The van der Waals surface area contributed by atoms with Crippen LogP contribution in [0.5, 0.6) is 0 Å². The Morgan fingerprint density at radius 1 is 1.47 bits per heavy atom. The molecule has 1 aromatic rings. The maximum absolute atomic E-state index is 12.5. The third kappa shape index (κ3) is 2.27. The first-order valence-corrected chi connectivity index (χ1v) is 5.34. The largest absolute Gasteiger partial charge is 0.481 e. The molecule has 0 bridgehead atoms. The predicted octanol–water partition coefficient (Wildman–Crippen LogP) is 0.572. The zero-order chi connectivity index (χ0) is 14.4. The average Bonchev–Trinajstić information content (AvgIpc) is 2.68. The molecule has 0 fully saturated rings. The molecule has 1 aliphatic heterocycles. The quantitative estimate of drug-likeness (QED) is 0.814. The number of hydrogen-bond acceptors (Lipinski definition) is 3. The number of carbonyl (C=O) groups is 2. The molecule has 19 heavy (non-hydrogen) atoms. The normalized spacial score (nSPS) is 19.2. The number of hydrogen-bond donors (Lipinski definition) is 1. The van der Waals surface area contributed by atoms with Gasteiger partial charge in [0.1, 0.15) is 0 Å². The minimum absolute atomic E-state index is 0.0160. The summed E-state index contributed by atoms with van der Waals surface area (Å²) < 4.78 is 38.8. The van der Waals surface area contributed by atoms with Crippen molar-refractivity contribution in [2.45, 2.75) is 12.6 Å². The van der Waals surface area contributed by atoms with Crippen molar-refractivity contribution in [1.82, 2.24) is 9.78 Å². The Balaban J connectivity index is 2.43. The Labute approximate surface area is 105 Å². The maximum Gasteiger partial charge on any atom is 0.471 e. The molecule has 0 aliphatic carbocycles. The first-order chi connectivity index (χ1) is 8.71. The van der Waals surface area contributed by atoms with E-state index < -0.39 is 30.5 Å². The molecule has 9 heteroatoms. The smallest absolute Gasteiger partial charge is 0.471 e. The van der Waals surface area contributed by atoms with E-state index >= 15 is 0 Å². The Kier molecular flexibility index (Phi) is 2.99. The summed E-state index contributed by atoms with van der Waals surface area (Å²) in [5.74, 6) is -4.39. The molecule has 0 aromatic carbocycles. The number of carbonyl (C=O) groups excluding carboxylic acids is 1. The molecule has 0 saturated heterocycles. The second-order valence-corrected chi connectivity index (χ2v) is 4.25. The lowest BCUT2D eigenvalue weighted by molar-refractivity contribution is -0.170. The summed E-state index contributed by atoms with van der Waals surface area (Å²) in [7, 11) is 1.49. The number of anilines is 1. The van der Waals surface area contributed by atoms with E-state index in [-0.39, 0.29) is 12.1 Å². The minimum atomic E-state index is -5.05. The van der Waals surface area contributed by atoms with Gasteiger partial charge in [-0.1, -0.05) is 0 Å². The standard InChI is InChI=1S/C10H10F3N3O3/c1-15-6-2-5(8(17)18)4-16(7(6)3-14-15)9(19)10(11,12)13/h3,5H,2,4H2,1H3,(H,17,18). The van der Waals surface area contributed by atoms with Crippen molar-refractivity contribution in [2.75, 3.05) is 11.4 Å². The molecular formula is C10H10F3N3O3. The van der Waals surface area contributed by atoms with Crippen LogP contribution in [0.4, 0.5) is 18.9 Å². The van der Waals surface area contributed by atoms with Crippen LogP contribution in [0.1, 0.15) is 5.69 Å². The number of aromatic nitrogens is 2. The zero-order valence-electron chi connectivity index (χ0n) is 9.81. The molecular weight excluding hydrogens is 267 g/mol. The molecule has 1 unspecified atom stereocenters. The molecule has 1 aromatic heterocycles. The number of fused-ring (bicyclic) bond motifs is 1. The molecule has 1 atom stereocenters. The number of amides is 1. The van der Waals surface area contributed by atoms with Gasteiger partial charge >= 0.3 is 18.1 Å². The summed E-state index contributed by atoms with van der Waals surface area (Å²) in [6, 6.07) is 0. The summed E-state index contributed by atoms with van der Waals surface area (Å²) in [6.45, 7) is -0.508. The van der Waals surface area contributed by atoms with Gasteiger partial charge in [-0.25, -0.2) is 0 Å². The summed E-state index contributed by atoms with van der Waals surface area (Å²) in [5, 5.41) is 12.7. The number of carboxylic acids is 1. The van der Waals surface area contributed by atoms with Crippen molar-refractivity contribution in [3.05, 3.63) is 11.9 Å². The van der Waals surface area contributed by atoms with E-state index in [2.05, 4.69) is 5.10 Å². The van der Waals surface area contributed by atoms with E-state index in [0.29, 0.717) is 10.6 Å². The molecule has 0 saturated carbocycles. The van der Waals surface area contributed by atoms with Crippen LogP contribution in [-0.2, 0) is 23.1 Å². The number of carboxylic acid groups (broad SMARTS) is 1. The fourth-order valence-corrected chi connectivity index (χ4v) is 2.04. The SMILES string of the molecule is Cn1ncc2c1CC(C(=O)O)CN2C(=O)C(F)(F)F. The van der Waals surface area contributed by atoms with Crippen molar-refractivity contribution < 1.29 is 27.9 Å². The third-order valence-electron chi connectivity index (χ3n) is 3.01. The van der Waals surface area contributed by atoms with Crippen LogP contribution in [0.25, 0.3) is 0 Å². The predicted molar refractivity (Wildman–Crippen MR) is 56.4 cm³/mol. The number of nitrogens with zero attached hydrogens (tertiary/aromatic N) is 3. The molecule has 0 radical (unpaired) electrons. The summed E-state index contributed by atoms with van der Waals surface area (Å²) in [6.07, 6.45) is -3.87. The number of aryl methyl sites for hydroxylation is 1. The highest BCUT2D eigenvalue weighted by Gasteiger charge is 2.46.